The molecule has 234 valence electrons. The van der Waals surface area contributed by atoms with Crippen LogP contribution in [0.4, 0.5) is 13.2 Å². The lowest BCUT2D eigenvalue weighted by Crippen LogP contribution is -2.44. The van der Waals surface area contributed by atoms with Gasteiger partial charge in [0.25, 0.3) is 0 Å². The van der Waals surface area contributed by atoms with E-state index in [1.165, 1.54) is 6.07 Å². The zero-order valence-electron chi connectivity index (χ0n) is 25.3. The third-order valence-electron chi connectivity index (χ3n) is 8.87. The molecule has 0 unspecified atom stereocenters. The number of aromatic nitrogens is 2. The molecule has 1 N–H and O–H groups in total. The number of likely N-dealkylation sites (N-methyl/N-ethyl adjacent to an activating group) is 1. The molecule has 4 aromatic rings. The normalized spacial score (nSPS) is 17.7. The van der Waals surface area contributed by atoms with E-state index in [0.29, 0.717) is 46.9 Å². The van der Waals surface area contributed by atoms with E-state index in [9.17, 15) is 23.2 Å². The summed E-state index contributed by atoms with van der Waals surface area (Å²) in [6.07, 6.45) is -2.21. The van der Waals surface area contributed by atoms with E-state index in [1.54, 1.807) is 29.3 Å². The molecule has 0 radical (unpaired) electrons. The van der Waals surface area contributed by atoms with Gasteiger partial charge in [-0.3, -0.25) is 9.69 Å². The Labute approximate surface area is 260 Å². The minimum absolute atomic E-state index is 0.0962. The summed E-state index contributed by atoms with van der Waals surface area (Å²) in [7, 11) is 2.01. The summed E-state index contributed by atoms with van der Waals surface area (Å²) in [5.41, 5.74) is 2.93. The Hall–Kier alpha value is -4.40. The lowest BCUT2D eigenvalue weighted by Gasteiger charge is -2.35. The maximum absolute atomic E-state index is 14.1. The van der Waals surface area contributed by atoms with Gasteiger partial charge in [0.2, 0.25) is 5.91 Å². The lowest BCUT2D eigenvalue weighted by molar-refractivity contribution is -0.138. The molecule has 1 fully saturated rings. The molecule has 2 aliphatic rings. The van der Waals surface area contributed by atoms with Crippen LogP contribution in [0.15, 0.2) is 54.7 Å². The van der Waals surface area contributed by atoms with Gasteiger partial charge in [-0.25, -0.2) is 4.98 Å². The molecule has 0 bridgehead atoms. The van der Waals surface area contributed by atoms with Crippen LogP contribution >= 0.6 is 0 Å². The monoisotopic (exact) mass is 616 g/mol. The van der Waals surface area contributed by atoms with E-state index in [1.807, 2.05) is 30.1 Å². The number of amides is 1. The van der Waals surface area contributed by atoms with Gasteiger partial charge in [-0.2, -0.15) is 18.4 Å². The van der Waals surface area contributed by atoms with Crippen molar-refractivity contribution in [1.29, 1.82) is 5.26 Å². The molecule has 2 aliphatic heterocycles. The fraction of sp³-hybridized carbons (Fsp3) is 0.382. The number of alkyl halides is 3. The molecule has 11 heteroatoms. The zero-order chi connectivity index (χ0) is 31.7. The van der Waals surface area contributed by atoms with E-state index in [-0.39, 0.29) is 30.4 Å². The topological polar surface area (TPSA) is 88.5 Å². The first kappa shape index (κ1) is 30.6. The molecular formula is C34H35F3N6O2. The molecule has 4 heterocycles. The summed E-state index contributed by atoms with van der Waals surface area (Å²) in [6.45, 7) is 6.22. The number of piperazine rings is 1. The van der Waals surface area contributed by atoms with Crippen molar-refractivity contribution < 1.29 is 22.7 Å². The van der Waals surface area contributed by atoms with Crippen LogP contribution in [0, 0.1) is 11.3 Å². The van der Waals surface area contributed by atoms with Crippen LogP contribution in [0.5, 0.6) is 11.5 Å². The van der Waals surface area contributed by atoms with Crippen LogP contribution in [0.25, 0.3) is 11.0 Å². The van der Waals surface area contributed by atoms with Gasteiger partial charge in [0, 0.05) is 57.9 Å². The van der Waals surface area contributed by atoms with Gasteiger partial charge in [0.15, 0.2) is 0 Å². The van der Waals surface area contributed by atoms with Gasteiger partial charge in [-0.15, -0.1) is 0 Å². The molecule has 0 spiro atoms. The predicted octanol–water partition coefficient (Wildman–Crippen LogP) is 6.07. The SMILES string of the molecule is CC[C@@H]1CN(C(=O)Cc2ccc(CN3CCN(C)CC3)c(C(F)(F)F)c2)Cc2cc(Oc3ccnc4[nH]c(C#N)cc34)ccc21. The summed E-state index contributed by atoms with van der Waals surface area (Å²) in [5.74, 6) is 1.01. The second-order valence-corrected chi connectivity index (χ2v) is 12.0. The average Bonchev–Trinajstić information content (AvgIpc) is 3.46. The number of carbonyl (C=O) groups is 1. The Morgan fingerprint density at radius 1 is 1.11 bits per heavy atom. The second-order valence-electron chi connectivity index (χ2n) is 12.0. The maximum Gasteiger partial charge on any atom is 0.416 e. The van der Waals surface area contributed by atoms with E-state index >= 15 is 0 Å². The van der Waals surface area contributed by atoms with Crippen molar-refractivity contribution in [2.24, 2.45) is 0 Å². The van der Waals surface area contributed by atoms with Crippen molar-refractivity contribution in [2.45, 2.75) is 44.9 Å². The Bertz CT molecular complexity index is 1750. The number of H-pyrrole nitrogens is 1. The second kappa shape index (κ2) is 12.5. The number of pyridine rings is 1. The summed E-state index contributed by atoms with van der Waals surface area (Å²) in [5, 5.41) is 9.94. The van der Waals surface area contributed by atoms with Gasteiger partial charge in [-0.05, 0) is 66.1 Å². The molecule has 0 aliphatic carbocycles. The van der Waals surface area contributed by atoms with Gasteiger partial charge >= 0.3 is 6.18 Å². The molecule has 6 rings (SSSR count). The summed E-state index contributed by atoms with van der Waals surface area (Å²) in [4.78, 5) is 26.7. The highest BCUT2D eigenvalue weighted by atomic mass is 19.4. The van der Waals surface area contributed by atoms with Gasteiger partial charge in [0.05, 0.1) is 17.4 Å². The molecule has 1 amide bonds. The molecule has 8 nitrogen and oxygen atoms in total. The Balaban J connectivity index is 1.19. The molecule has 1 saturated heterocycles. The number of fused-ring (bicyclic) bond motifs is 2. The Morgan fingerprint density at radius 2 is 1.91 bits per heavy atom. The fourth-order valence-corrected chi connectivity index (χ4v) is 6.30. The van der Waals surface area contributed by atoms with Crippen molar-refractivity contribution in [3.8, 4) is 17.6 Å². The van der Waals surface area contributed by atoms with E-state index in [2.05, 4.69) is 27.9 Å². The number of benzene rings is 2. The number of halogens is 3. The first-order valence-electron chi connectivity index (χ1n) is 15.2. The van der Waals surface area contributed by atoms with Crippen LogP contribution in [-0.2, 0) is 30.5 Å². The quantitative estimate of drug-likeness (QED) is 0.271. The van der Waals surface area contributed by atoms with E-state index in [4.69, 9.17) is 4.74 Å². The highest BCUT2D eigenvalue weighted by Gasteiger charge is 2.35. The number of nitrogens with zero attached hydrogens (tertiary/aromatic N) is 5. The van der Waals surface area contributed by atoms with Crippen LogP contribution in [-0.4, -0.2) is 70.3 Å². The zero-order valence-corrected chi connectivity index (χ0v) is 25.3. The summed E-state index contributed by atoms with van der Waals surface area (Å²) in [6, 6.07) is 15.7. The van der Waals surface area contributed by atoms with Crippen molar-refractivity contribution in [1.82, 2.24) is 24.7 Å². The lowest BCUT2D eigenvalue weighted by atomic mass is 9.87. The third kappa shape index (κ3) is 6.67. The van der Waals surface area contributed by atoms with E-state index < -0.39 is 11.7 Å². The summed E-state index contributed by atoms with van der Waals surface area (Å²) >= 11 is 0. The summed E-state index contributed by atoms with van der Waals surface area (Å²) < 4.78 is 48.6. The number of rotatable bonds is 7. The minimum Gasteiger partial charge on any atom is -0.457 e. The maximum atomic E-state index is 14.1. The molecule has 1 atom stereocenters. The predicted molar refractivity (Wildman–Crippen MR) is 164 cm³/mol. The fourth-order valence-electron chi connectivity index (χ4n) is 6.30. The largest absolute Gasteiger partial charge is 0.457 e. The number of aromatic amines is 1. The van der Waals surface area contributed by atoms with Gasteiger partial charge in [-0.1, -0.05) is 25.1 Å². The van der Waals surface area contributed by atoms with Crippen LogP contribution in [0.1, 0.15) is 52.8 Å². The van der Waals surface area contributed by atoms with Crippen molar-refractivity contribution >= 4 is 16.9 Å². The van der Waals surface area contributed by atoms with Gasteiger partial charge in [0.1, 0.15) is 28.9 Å². The molecule has 2 aromatic carbocycles. The Kier molecular flexibility index (Phi) is 8.53. The smallest absolute Gasteiger partial charge is 0.416 e. The van der Waals surface area contributed by atoms with Crippen LogP contribution in [0.2, 0.25) is 0 Å². The highest BCUT2D eigenvalue weighted by molar-refractivity contribution is 5.84. The van der Waals surface area contributed by atoms with Crippen molar-refractivity contribution in [2.75, 3.05) is 39.8 Å². The number of hydrogen-bond acceptors (Lipinski definition) is 6. The molecule has 45 heavy (non-hydrogen) atoms. The van der Waals surface area contributed by atoms with E-state index in [0.717, 1.165) is 49.8 Å². The number of carbonyl (C=O) groups excluding carboxylic acids is 1. The molecular weight excluding hydrogens is 581 g/mol. The van der Waals surface area contributed by atoms with Crippen LogP contribution in [0.3, 0.4) is 0 Å². The number of ether oxygens (including phenoxy) is 1. The van der Waals surface area contributed by atoms with Crippen LogP contribution < -0.4 is 4.74 Å². The van der Waals surface area contributed by atoms with Crippen molar-refractivity contribution in [3.05, 3.63) is 88.2 Å². The minimum atomic E-state index is -4.51. The number of hydrogen-bond donors (Lipinski definition) is 1. The van der Waals surface area contributed by atoms with Gasteiger partial charge < -0.3 is 19.5 Å². The third-order valence-corrected chi connectivity index (χ3v) is 8.87. The number of nitrogens with one attached hydrogen (secondary N) is 1. The molecule has 0 saturated carbocycles. The first-order valence-corrected chi connectivity index (χ1v) is 15.2. The number of nitriles is 1. The van der Waals surface area contributed by atoms with Crippen molar-refractivity contribution in [3.63, 3.8) is 0 Å². The standard InChI is InChI=1S/C34H35F3N6O2/c1-3-23-20-43(21-25-16-27(6-7-28(23)25)45-31-8-9-39-33-29(31)17-26(18-38)40-33)32(44)15-22-4-5-24(30(14-22)34(35,36)37)19-42-12-10-41(2)11-13-42/h4-9,14,16-17,23H,3,10-13,15,19-21H2,1-2H3,(H,39,40)/t23-/m1/s1. The first-order chi connectivity index (χ1) is 21.6. The average molecular weight is 617 g/mol. The molecule has 2 aromatic heterocycles. The Morgan fingerprint density at radius 3 is 2.64 bits per heavy atom. The highest BCUT2D eigenvalue weighted by Crippen LogP contribution is 2.37.